The van der Waals surface area contributed by atoms with Gasteiger partial charge < -0.3 is 4.74 Å². The molecule has 0 unspecified atom stereocenters. The van der Waals surface area contributed by atoms with E-state index in [1.807, 2.05) is 24.3 Å². The third-order valence-electron chi connectivity index (χ3n) is 4.34. The standard InChI is InChI=1S/C23H13Cl3N2O3S/c24-14-8-9-16(18(25)11-14)22(29)28-27-12-13-4-3-5-15(10-13)31-23(30)21-20(26)17-6-1-2-7-19(17)32-21/h1-12H,(H,28,29). The fourth-order valence-corrected chi connectivity index (χ4v) is 4.74. The van der Waals surface area contributed by atoms with Gasteiger partial charge in [0, 0.05) is 15.1 Å². The molecule has 0 saturated heterocycles. The smallest absolute Gasteiger partial charge is 0.355 e. The van der Waals surface area contributed by atoms with Crippen LogP contribution in [0, 0.1) is 0 Å². The summed E-state index contributed by atoms with van der Waals surface area (Å²) in [6.45, 7) is 0. The Bertz CT molecular complexity index is 1370. The maximum atomic E-state index is 12.6. The van der Waals surface area contributed by atoms with Gasteiger partial charge in [-0.15, -0.1) is 11.3 Å². The van der Waals surface area contributed by atoms with Crippen LogP contribution in [-0.2, 0) is 0 Å². The summed E-state index contributed by atoms with van der Waals surface area (Å²) in [5.74, 6) is -0.708. The lowest BCUT2D eigenvalue weighted by molar-refractivity contribution is 0.0740. The Labute approximate surface area is 202 Å². The van der Waals surface area contributed by atoms with E-state index in [0.717, 1.165) is 10.1 Å². The van der Waals surface area contributed by atoms with Crippen LogP contribution < -0.4 is 10.2 Å². The van der Waals surface area contributed by atoms with E-state index in [4.69, 9.17) is 39.5 Å². The van der Waals surface area contributed by atoms with Crippen LogP contribution in [0.5, 0.6) is 5.75 Å². The van der Waals surface area contributed by atoms with Gasteiger partial charge >= 0.3 is 5.97 Å². The van der Waals surface area contributed by atoms with Crippen LogP contribution >= 0.6 is 46.1 Å². The zero-order valence-corrected chi connectivity index (χ0v) is 19.2. The summed E-state index contributed by atoms with van der Waals surface area (Å²) in [6, 6.07) is 18.7. The summed E-state index contributed by atoms with van der Waals surface area (Å²) in [5, 5.41) is 5.76. The second kappa shape index (κ2) is 9.71. The highest BCUT2D eigenvalue weighted by Crippen LogP contribution is 2.35. The molecule has 0 atom stereocenters. The van der Waals surface area contributed by atoms with Crippen LogP contribution in [0.3, 0.4) is 0 Å². The number of hydrogen-bond acceptors (Lipinski definition) is 5. The van der Waals surface area contributed by atoms with Crippen molar-refractivity contribution in [3.63, 3.8) is 0 Å². The van der Waals surface area contributed by atoms with E-state index in [1.54, 1.807) is 30.3 Å². The molecule has 0 aliphatic carbocycles. The van der Waals surface area contributed by atoms with Gasteiger partial charge in [0.15, 0.2) is 0 Å². The molecule has 3 aromatic carbocycles. The number of carbonyl (C=O) groups excluding carboxylic acids is 2. The Hall–Kier alpha value is -2.90. The number of benzene rings is 3. The van der Waals surface area contributed by atoms with Crippen molar-refractivity contribution >= 4 is 74.3 Å². The zero-order valence-electron chi connectivity index (χ0n) is 16.1. The Morgan fingerprint density at radius 3 is 2.56 bits per heavy atom. The molecule has 0 bridgehead atoms. The van der Waals surface area contributed by atoms with Crippen LogP contribution in [-0.4, -0.2) is 18.1 Å². The van der Waals surface area contributed by atoms with Crippen LogP contribution in [0.4, 0.5) is 0 Å². The van der Waals surface area contributed by atoms with E-state index in [2.05, 4.69) is 10.5 Å². The summed E-state index contributed by atoms with van der Waals surface area (Å²) < 4.78 is 6.39. The molecule has 160 valence electrons. The Balaban J connectivity index is 1.44. The molecule has 5 nitrogen and oxygen atoms in total. The van der Waals surface area contributed by atoms with Crippen molar-refractivity contribution in [3.05, 3.63) is 97.8 Å². The molecular weight excluding hydrogens is 491 g/mol. The first-order chi connectivity index (χ1) is 15.4. The lowest BCUT2D eigenvalue weighted by atomic mass is 10.2. The number of carbonyl (C=O) groups is 2. The molecule has 9 heteroatoms. The van der Waals surface area contributed by atoms with E-state index in [9.17, 15) is 9.59 Å². The maximum Gasteiger partial charge on any atom is 0.355 e. The van der Waals surface area contributed by atoms with Crippen LogP contribution in [0.15, 0.2) is 71.8 Å². The lowest BCUT2D eigenvalue weighted by Crippen LogP contribution is -2.18. The van der Waals surface area contributed by atoms with Crippen molar-refractivity contribution in [3.8, 4) is 5.75 Å². The number of amides is 1. The van der Waals surface area contributed by atoms with Gasteiger partial charge in [-0.25, -0.2) is 10.2 Å². The van der Waals surface area contributed by atoms with Gasteiger partial charge in [-0.3, -0.25) is 4.79 Å². The number of esters is 1. The molecular formula is C23H13Cl3N2O3S. The third-order valence-corrected chi connectivity index (χ3v) is 6.55. The van der Waals surface area contributed by atoms with Crippen LogP contribution in [0.1, 0.15) is 25.6 Å². The van der Waals surface area contributed by atoms with Gasteiger partial charge in [0.1, 0.15) is 10.6 Å². The highest BCUT2D eigenvalue weighted by molar-refractivity contribution is 7.21. The molecule has 32 heavy (non-hydrogen) atoms. The van der Waals surface area contributed by atoms with Crippen molar-refractivity contribution in [1.82, 2.24) is 5.43 Å². The van der Waals surface area contributed by atoms with Gasteiger partial charge in [-0.2, -0.15) is 5.10 Å². The first kappa shape index (κ1) is 22.3. The molecule has 0 spiro atoms. The highest BCUT2D eigenvalue weighted by atomic mass is 35.5. The number of fused-ring (bicyclic) bond motifs is 1. The summed E-state index contributed by atoms with van der Waals surface area (Å²) in [6.07, 6.45) is 1.42. The normalized spacial score (nSPS) is 11.1. The number of nitrogens with one attached hydrogen (secondary N) is 1. The average Bonchev–Trinajstić information content (AvgIpc) is 3.11. The largest absolute Gasteiger partial charge is 0.422 e. The Kier molecular flexibility index (Phi) is 6.77. The Morgan fingerprint density at radius 1 is 0.969 bits per heavy atom. The zero-order chi connectivity index (χ0) is 22.7. The second-order valence-corrected chi connectivity index (χ2v) is 8.80. The minimum atomic E-state index is -0.545. The molecule has 1 heterocycles. The predicted octanol–water partition coefficient (Wildman–Crippen LogP) is 6.84. The van der Waals surface area contributed by atoms with E-state index in [-0.39, 0.29) is 10.6 Å². The fourth-order valence-electron chi connectivity index (χ4n) is 2.86. The Morgan fingerprint density at radius 2 is 1.78 bits per heavy atom. The molecule has 1 amide bonds. The number of halogens is 3. The lowest BCUT2D eigenvalue weighted by Gasteiger charge is -2.05. The minimum Gasteiger partial charge on any atom is -0.422 e. The minimum absolute atomic E-state index is 0.221. The van der Waals surface area contributed by atoms with Crippen molar-refractivity contribution < 1.29 is 14.3 Å². The van der Waals surface area contributed by atoms with Gasteiger partial charge in [-0.1, -0.05) is 65.1 Å². The summed E-state index contributed by atoms with van der Waals surface area (Å²) in [7, 11) is 0. The molecule has 0 aliphatic heterocycles. The summed E-state index contributed by atoms with van der Waals surface area (Å²) in [4.78, 5) is 25.2. The van der Waals surface area contributed by atoms with Crippen molar-refractivity contribution in [2.24, 2.45) is 5.10 Å². The SMILES string of the molecule is O=C(NN=Cc1cccc(OC(=O)c2sc3ccccc3c2Cl)c1)c1ccc(Cl)cc1Cl. The van der Waals surface area contributed by atoms with Crippen LogP contribution in [0.2, 0.25) is 15.1 Å². The average molecular weight is 504 g/mol. The van der Waals surface area contributed by atoms with E-state index in [1.165, 1.54) is 29.7 Å². The molecule has 0 aliphatic rings. The molecule has 0 saturated carbocycles. The quantitative estimate of drug-likeness (QED) is 0.140. The topological polar surface area (TPSA) is 67.8 Å². The number of thiophene rings is 1. The second-order valence-electron chi connectivity index (χ2n) is 6.53. The van der Waals surface area contributed by atoms with Crippen molar-refractivity contribution in [1.29, 1.82) is 0 Å². The van der Waals surface area contributed by atoms with Gasteiger partial charge in [0.05, 0.1) is 21.8 Å². The number of ether oxygens (including phenoxy) is 1. The number of hydrogen-bond donors (Lipinski definition) is 1. The predicted molar refractivity (Wildman–Crippen MR) is 130 cm³/mol. The molecule has 1 N–H and O–H groups in total. The van der Waals surface area contributed by atoms with Crippen LogP contribution in [0.25, 0.3) is 10.1 Å². The maximum absolute atomic E-state index is 12.6. The van der Waals surface area contributed by atoms with E-state index in [0.29, 0.717) is 26.2 Å². The van der Waals surface area contributed by atoms with Gasteiger partial charge in [0.2, 0.25) is 0 Å². The summed E-state index contributed by atoms with van der Waals surface area (Å²) in [5.41, 5.74) is 3.25. The first-order valence-electron chi connectivity index (χ1n) is 9.20. The fraction of sp³-hybridized carbons (Fsp3) is 0. The summed E-state index contributed by atoms with van der Waals surface area (Å²) >= 11 is 19.5. The number of rotatable bonds is 5. The molecule has 4 aromatic rings. The molecule has 0 fully saturated rings. The molecule has 1 aromatic heterocycles. The van der Waals surface area contributed by atoms with Gasteiger partial charge in [0.25, 0.3) is 5.91 Å². The van der Waals surface area contributed by atoms with Crippen molar-refractivity contribution in [2.45, 2.75) is 0 Å². The van der Waals surface area contributed by atoms with E-state index < -0.39 is 11.9 Å². The molecule has 0 radical (unpaired) electrons. The third kappa shape index (κ3) is 4.95. The van der Waals surface area contributed by atoms with Crippen molar-refractivity contribution in [2.75, 3.05) is 0 Å². The number of hydrazone groups is 1. The monoisotopic (exact) mass is 502 g/mol. The first-order valence-corrected chi connectivity index (χ1v) is 11.1. The number of nitrogens with zero attached hydrogens (tertiary/aromatic N) is 1. The van der Waals surface area contributed by atoms with E-state index >= 15 is 0 Å². The van der Waals surface area contributed by atoms with Gasteiger partial charge in [-0.05, 0) is 42.0 Å². The highest BCUT2D eigenvalue weighted by Gasteiger charge is 2.19. The molecule has 4 rings (SSSR count).